The summed E-state index contributed by atoms with van der Waals surface area (Å²) in [6.45, 7) is 4.48. The first kappa shape index (κ1) is 18.4. The van der Waals surface area contributed by atoms with Crippen molar-refractivity contribution < 1.29 is 4.79 Å². The number of amides is 2. The number of carbonyl (C=O) groups is 1. The topological polar surface area (TPSA) is 118 Å². The van der Waals surface area contributed by atoms with Crippen molar-refractivity contribution >= 4 is 11.8 Å². The van der Waals surface area contributed by atoms with Crippen LogP contribution >= 0.6 is 0 Å². The Labute approximate surface area is 156 Å². The lowest BCUT2D eigenvalue weighted by Crippen LogP contribution is -2.52. The van der Waals surface area contributed by atoms with E-state index < -0.39 is 0 Å². The SMILES string of the molecule is Cc1cc(=O)[nH]c(CCNC(=O)N2CCN(c3ncccc3C#N)CC2)n1. The molecule has 3 rings (SSSR count). The van der Waals surface area contributed by atoms with Gasteiger partial charge in [0.2, 0.25) is 0 Å². The molecule has 0 atom stereocenters. The average Bonchev–Trinajstić information content (AvgIpc) is 2.67. The van der Waals surface area contributed by atoms with E-state index in [2.05, 4.69) is 26.3 Å². The number of nitrogens with zero attached hydrogens (tertiary/aromatic N) is 5. The van der Waals surface area contributed by atoms with Crippen molar-refractivity contribution in [1.82, 2.24) is 25.2 Å². The van der Waals surface area contributed by atoms with Gasteiger partial charge >= 0.3 is 6.03 Å². The van der Waals surface area contributed by atoms with Crippen LogP contribution < -0.4 is 15.8 Å². The smallest absolute Gasteiger partial charge is 0.317 e. The fourth-order valence-electron chi connectivity index (χ4n) is 3.02. The molecule has 1 saturated heterocycles. The molecule has 0 aromatic carbocycles. The highest BCUT2D eigenvalue weighted by Gasteiger charge is 2.23. The molecule has 0 bridgehead atoms. The van der Waals surface area contributed by atoms with E-state index in [-0.39, 0.29) is 11.6 Å². The molecule has 1 aliphatic rings. The fraction of sp³-hybridized carbons (Fsp3) is 0.389. The summed E-state index contributed by atoms with van der Waals surface area (Å²) in [4.78, 5) is 38.7. The van der Waals surface area contributed by atoms with Gasteiger partial charge in [-0.05, 0) is 19.1 Å². The number of pyridine rings is 1. The normalized spacial score (nSPS) is 13.9. The van der Waals surface area contributed by atoms with Gasteiger partial charge in [0.05, 0.1) is 5.56 Å². The maximum atomic E-state index is 12.3. The van der Waals surface area contributed by atoms with Gasteiger partial charge < -0.3 is 20.1 Å². The molecular weight excluding hydrogens is 346 g/mol. The van der Waals surface area contributed by atoms with Crippen LogP contribution in [0, 0.1) is 18.3 Å². The Kier molecular flexibility index (Phi) is 5.66. The molecule has 0 radical (unpaired) electrons. The number of carbonyl (C=O) groups excluding carboxylic acids is 1. The molecule has 2 aromatic rings. The summed E-state index contributed by atoms with van der Waals surface area (Å²) in [5.41, 5.74) is 1.00. The van der Waals surface area contributed by atoms with Crippen LogP contribution in [0.1, 0.15) is 17.1 Å². The van der Waals surface area contributed by atoms with Crippen LogP contribution in [0.3, 0.4) is 0 Å². The zero-order valence-corrected chi connectivity index (χ0v) is 15.1. The molecule has 9 heteroatoms. The molecule has 140 valence electrons. The molecule has 0 aliphatic carbocycles. The third kappa shape index (κ3) is 4.61. The minimum absolute atomic E-state index is 0.147. The van der Waals surface area contributed by atoms with E-state index in [1.165, 1.54) is 6.07 Å². The van der Waals surface area contributed by atoms with E-state index in [0.29, 0.717) is 62.0 Å². The molecule has 2 N–H and O–H groups in total. The molecule has 2 aromatic heterocycles. The van der Waals surface area contributed by atoms with Crippen molar-refractivity contribution in [2.75, 3.05) is 37.6 Å². The maximum Gasteiger partial charge on any atom is 0.317 e. The summed E-state index contributed by atoms with van der Waals surface area (Å²) in [5, 5.41) is 12.1. The number of hydrogen-bond donors (Lipinski definition) is 2. The highest BCUT2D eigenvalue weighted by Crippen LogP contribution is 2.17. The van der Waals surface area contributed by atoms with Gasteiger partial charge in [-0.2, -0.15) is 5.26 Å². The predicted octanol–water partition coefficient (Wildman–Crippen LogP) is 0.419. The first-order valence-corrected chi connectivity index (χ1v) is 8.76. The number of hydrogen-bond acceptors (Lipinski definition) is 6. The molecule has 1 fully saturated rings. The van der Waals surface area contributed by atoms with Crippen LogP contribution in [0.15, 0.2) is 29.2 Å². The first-order chi connectivity index (χ1) is 13.1. The molecule has 9 nitrogen and oxygen atoms in total. The lowest BCUT2D eigenvalue weighted by Gasteiger charge is -2.35. The highest BCUT2D eigenvalue weighted by molar-refractivity contribution is 5.74. The minimum atomic E-state index is -0.189. The lowest BCUT2D eigenvalue weighted by molar-refractivity contribution is 0.194. The van der Waals surface area contributed by atoms with Crippen molar-refractivity contribution in [3.05, 3.63) is 51.8 Å². The van der Waals surface area contributed by atoms with Crippen LogP contribution in [0.4, 0.5) is 10.6 Å². The Morgan fingerprint density at radius 2 is 2.15 bits per heavy atom. The molecule has 3 heterocycles. The van der Waals surface area contributed by atoms with E-state index in [4.69, 9.17) is 0 Å². The summed E-state index contributed by atoms with van der Waals surface area (Å²) in [6, 6.07) is 6.91. The first-order valence-electron chi connectivity index (χ1n) is 8.76. The van der Waals surface area contributed by atoms with Gasteiger partial charge in [-0.3, -0.25) is 4.79 Å². The number of H-pyrrole nitrogens is 1. The summed E-state index contributed by atoms with van der Waals surface area (Å²) in [7, 11) is 0. The Balaban J connectivity index is 1.48. The van der Waals surface area contributed by atoms with Gasteiger partial charge in [-0.15, -0.1) is 0 Å². The van der Waals surface area contributed by atoms with Gasteiger partial charge in [0, 0.05) is 57.1 Å². The maximum absolute atomic E-state index is 12.3. The number of aromatic nitrogens is 3. The molecule has 2 amide bonds. The number of nitrogens with one attached hydrogen (secondary N) is 2. The number of aromatic amines is 1. The minimum Gasteiger partial charge on any atom is -0.352 e. The van der Waals surface area contributed by atoms with E-state index in [1.807, 2.05) is 4.90 Å². The van der Waals surface area contributed by atoms with Crippen molar-refractivity contribution in [2.45, 2.75) is 13.3 Å². The number of urea groups is 1. The third-order valence-corrected chi connectivity index (χ3v) is 4.33. The van der Waals surface area contributed by atoms with Crippen LogP contribution in [0.2, 0.25) is 0 Å². The van der Waals surface area contributed by atoms with Crippen LogP contribution in [0.25, 0.3) is 0 Å². The van der Waals surface area contributed by atoms with Crippen LogP contribution in [-0.2, 0) is 6.42 Å². The van der Waals surface area contributed by atoms with Crippen molar-refractivity contribution in [1.29, 1.82) is 5.26 Å². The second-order valence-electron chi connectivity index (χ2n) is 6.28. The van der Waals surface area contributed by atoms with E-state index in [0.717, 1.165) is 0 Å². The summed E-state index contributed by atoms with van der Waals surface area (Å²) >= 11 is 0. The number of rotatable bonds is 4. The number of anilines is 1. The second kappa shape index (κ2) is 8.31. The number of nitriles is 1. The van der Waals surface area contributed by atoms with Crippen molar-refractivity contribution in [2.24, 2.45) is 0 Å². The quantitative estimate of drug-likeness (QED) is 0.808. The van der Waals surface area contributed by atoms with Gasteiger partial charge in [-0.25, -0.2) is 14.8 Å². The number of piperazine rings is 1. The van der Waals surface area contributed by atoms with E-state index >= 15 is 0 Å². The van der Waals surface area contributed by atoms with Gasteiger partial charge in [-0.1, -0.05) is 0 Å². The number of aryl methyl sites for hydroxylation is 1. The highest BCUT2D eigenvalue weighted by atomic mass is 16.2. The molecule has 0 saturated carbocycles. The van der Waals surface area contributed by atoms with Gasteiger partial charge in [0.1, 0.15) is 17.7 Å². The Hall–Kier alpha value is -3.41. The van der Waals surface area contributed by atoms with Gasteiger partial charge in [0.25, 0.3) is 5.56 Å². The van der Waals surface area contributed by atoms with E-state index in [9.17, 15) is 14.9 Å². The Morgan fingerprint density at radius 3 is 2.85 bits per heavy atom. The zero-order chi connectivity index (χ0) is 19.2. The summed E-state index contributed by atoms with van der Waals surface area (Å²) < 4.78 is 0. The molecule has 0 unspecified atom stereocenters. The van der Waals surface area contributed by atoms with Crippen LogP contribution in [-0.4, -0.2) is 58.6 Å². The lowest BCUT2D eigenvalue weighted by atomic mass is 10.2. The monoisotopic (exact) mass is 367 g/mol. The van der Waals surface area contributed by atoms with Crippen molar-refractivity contribution in [3.8, 4) is 6.07 Å². The van der Waals surface area contributed by atoms with Crippen LogP contribution in [0.5, 0.6) is 0 Å². The predicted molar refractivity (Wildman–Crippen MR) is 99.4 cm³/mol. The molecule has 27 heavy (non-hydrogen) atoms. The van der Waals surface area contributed by atoms with E-state index in [1.54, 1.807) is 30.2 Å². The summed E-state index contributed by atoms with van der Waals surface area (Å²) in [6.07, 6.45) is 2.13. The second-order valence-corrected chi connectivity index (χ2v) is 6.28. The van der Waals surface area contributed by atoms with Crippen molar-refractivity contribution in [3.63, 3.8) is 0 Å². The zero-order valence-electron chi connectivity index (χ0n) is 15.1. The average molecular weight is 367 g/mol. The molecule has 1 aliphatic heterocycles. The Morgan fingerprint density at radius 1 is 1.37 bits per heavy atom. The third-order valence-electron chi connectivity index (χ3n) is 4.33. The molecule has 0 spiro atoms. The Bertz CT molecular complexity index is 910. The molecular formula is C18H21N7O2. The van der Waals surface area contributed by atoms with Gasteiger partial charge in [0.15, 0.2) is 0 Å². The summed E-state index contributed by atoms with van der Waals surface area (Å²) in [5.74, 6) is 1.22. The fourth-order valence-corrected chi connectivity index (χ4v) is 3.02. The largest absolute Gasteiger partial charge is 0.352 e. The standard InChI is InChI=1S/C18H21N7O2/c1-13-11-16(26)23-15(22-13)4-6-21-18(27)25-9-7-24(8-10-25)17-14(12-19)3-2-5-20-17/h2-3,5,11H,4,6-10H2,1H3,(H,21,27)(H,22,23,26).